The van der Waals surface area contributed by atoms with Crippen molar-refractivity contribution in [2.75, 3.05) is 24.0 Å². The molecular weight excluding hydrogens is 424 g/mol. The van der Waals surface area contributed by atoms with Gasteiger partial charge in [0.15, 0.2) is 17.2 Å². The first kappa shape index (κ1) is 21.9. The van der Waals surface area contributed by atoms with E-state index in [0.717, 1.165) is 11.1 Å². The van der Waals surface area contributed by atoms with Gasteiger partial charge in [-0.2, -0.15) is 0 Å². The molecule has 2 heterocycles. The van der Waals surface area contributed by atoms with Crippen LogP contribution in [-0.2, 0) is 11.3 Å². The van der Waals surface area contributed by atoms with Crippen LogP contribution in [0.15, 0.2) is 64.2 Å². The molecule has 0 atom stereocenters. The fraction of sp³-hybridized carbons (Fsp3) is 0.208. The summed E-state index contributed by atoms with van der Waals surface area (Å²) in [7, 11) is 0. The van der Waals surface area contributed by atoms with Crippen LogP contribution in [0.5, 0.6) is 11.5 Å². The zero-order valence-corrected chi connectivity index (χ0v) is 18.1. The van der Waals surface area contributed by atoms with Crippen molar-refractivity contribution in [3.05, 3.63) is 86.6 Å². The fourth-order valence-electron chi connectivity index (χ4n) is 3.59. The number of rotatable bonds is 7. The molecule has 0 fully saturated rings. The Kier molecular flexibility index (Phi) is 6.30. The van der Waals surface area contributed by atoms with Gasteiger partial charge in [0, 0.05) is 12.6 Å². The van der Waals surface area contributed by atoms with Crippen LogP contribution in [-0.4, -0.2) is 28.8 Å². The summed E-state index contributed by atoms with van der Waals surface area (Å²) in [6.07, 6.45) is 3.57. The Morgan fingerprint density at radius 1 is 1.15 bits per heavy atom. The monoisotopic (exact) mass is 448 g/mol. The van der Waals surface area contributed by atoms with Gasteiger partial charge in [-0.25, -0.2) is 4.79 Å². The molecule has 1 aliphatic rings. The van der Waals surface area contributed by atoms with Gasteiger partial charge in [0.1, 0.15) is 5.82 Å². The molecule has 170 valence electrons. The maximum Gasteiger partial charge on any atom is 0.330 e. The van der Waals surface area contributed by atoms with Gasteiger partial charge in [0.2, 0.25) is 6.79 Å². The highest BCUT2D eigenvalue weighted by atomic mass is 16.7. The number of benzene rings is 2. The number of nitrogens with zero attached hydrogens (tertiary/aromatic N) is 2. The van der Waals surface area contributed by atoms with Gasteiger partial charge in [-0.3, -0.25) is 19.1 Å². The Bertz CT molecular complexity index is 1310. The molecule has 0 aliphatic carbocycles. The van der Waals surface area contributed by atoms with E-state index in [4.69, 9.17) is 15.2 Å². The fourth-order valence-corrected chi connectivity index (χ4v) is 3.59. The van der Waals surface area contributed by atoms with Gasteiger partial charge in [0.05, 0.1) is 6.54 Å². The number of aromatic amines is 1. The number of fused-ring (bicyclic) bond motifs is 1. The normalized spacial score (nSPS) is 12.3. The number of H-pyrrole nitrogens is 1. The maximum atomic E-state index is 13.1. The number of hydrogen-bond acceptors (Lipinski definition) is 6. The molecule has 0 unspecified atom stereocenters. The number of nitrogen functional groups attached to an aromatic ring is 1. The van der Waals surface area contributed by atoms with Crippen LogP contribution >= 0.6 is 0 Å². The molecule has 0 saturated heterocycles. The first-order valence-electron chi connectivity index (χ1n) is 10.5. The third-order valence-corrected chi connectivity index (χ3v) is 5.20. The predicted molar refractivity (Wildman–Crippen MR) is 126 cm³/mol. The number of nitrogens with two attached hydrogens (primary N) is 1. The quantitative estimate of drug-likeness (QED) is 0.536. The number of ether oxygens (including phenoxy) is 2. The van der Waals surface area contributed by atoms with Crippen molar-refractivity contribution in [3.8, 4) is 11.5 Å². The minimum atomic E-state index is -0.708. The summed E-state index contributed by atoms with van der Waals surface area (Å²) in [5.41, 5.74) is 6.44. The SMILES string of the molecule is CCCN(C(=O)C=Cc1ccc2c(c1)OCO2)c1c(N)n(Cc2ccccc2)c(=O)[nH]c1=O. The van der Waals surface area contributed by atoms with E-state index in [1.54, 1.807) is 24.3 Å². The number of nitrogens with one attached hydrogen (secondary N) is 1. The van der Waals surface area contributed by atoms with Crippen molar-refractivity contribution < 1.29 is 14.3 Å². The molecule has 0 bridgehead atoms. The number of carbonyl (C=O) groups is 1. The summed E-state index contributed by atoms with van der Waals surface area (Å²) in [6, 6.07) is 14.6. The summed E-state index contributed by atoms with van der Waals surface area (Å²) in [6.45, 7) is 2.45. The summed E-state index contributed by atoms with van der Waals surface area (Å²) in [5, 5.41) is 0. The number of aromatic nitrogens is 2. The molecule has 33 heavy (non-hydrogen) atoms. The van der Waals surface area contributed by atoms with E-state index in [-0.39, 0.29) is 31.4 Å². The third-order valence-electron chi connectivity index (χ3n) is 5.20. The lowest BCUT2D eigenvalue weighted by atomic mass is 10.2. The average molecular weight is 448 g/mol. The second kappa shape index (κ2) is 9.47. The van der Waals surface area contributed by atoms with E-state index in [9.17, 15) is 14.4 Å². The first-order chi connectivity index (χ1) is 16.0. The summed E-state index contributed by atoms with van der Waals surface area (Å²) in [4.78, 5) is 41.8. The molecule has 4 rings (SSSR count). The highest BCUT2D eigenvalue weighted by molar-refractivity contribution is 6.05. The van der Waals surface area contributed by atoms with Crippen LogP contribution in [0.25, 0.3) is 6.08 Å². The molecule has 3 aromatic rings. The minimum Gasteiger partial charge on any atom is -0.454 e. The van der Waals surface area contributed by atoms with Gasteiger partial charge < -0.3 is 20.1 Å². The Hall–Kier alpha value is -4.27. The zero-order chi connectivity index (χ0) is 23.4. The highest BCUT2D eigenvalue weighted by Gasteiger charge is 2.22. The van der Waals surface area contributed by atoms with Crippen molar-refractivity contribution in [2.45, 2.75) is 19.9 Å². The topological polar surface area (TPSA) is 120 Å². The largest absolute Gasteiger partial charge is 0.454 e. The van der Waals surface area contributed by atoms with Crippen LogP contribution in [0, 0.1) is 0 Å². The minimum absolute atomic E-state index is 0.0484. The number of carbonyl (C=O) groups excluding carboxylic acids is 1. The summed E-state index contributed by atoms with van der Waals surface area (Å²) >= 11 is 0. The van der Waals surface area contributed by atoms with Crippen molar-refractivity contribution in [2.24, 2.45) is 0 Å². The van der Waals surface area contributed by atoms with Gasteiger partial charge in [-0.1, -0.05) is 43.3 Å². The second-order valence-electron chi connectivity index (χ2n) is 7.50. The second-order valence-corrected chi connectivity index (χ2v) is 7.50. The lowest BCUT2D eigenvalue weighted by Crippen LogP contribution is -2.41. The van der Waals surface area contributed by atoms with E-state index in [0.29, 0.717) is 17.9 Å². The van der Waals surface area contributed by atoms with Crippen molar-refractivity contribution >= 4 is 23.5 Å². The van der Waals surface area contributed by atoms with Gasteiger partial charge in [-0.05, 0) is 35.8 Å². The van der Waals surface area contributed by atoms with Crippen molar-refractivity contribution in [1.29, 1.82) is 0 Å². The molecule has 1 amide bonds. The van der Waals surface area contributed by atoms with Gasteiger partial charge in [0.25, 0.3) is 11.5 Å². The molecule has 0 radical (unpaired) electrons. The molecule has 0 spiro atoms. The molecule has 0 saturated carbocycles. The van der Waals surface area contributed by atoms with Crippen LogP contribution in [0.4, 0.5) is 11.5 Å². The Labute approximate surface area is 189 Å². The van der Waals surface area contributed by atoms with Crippen LogP contribution in [0.2, 0.25) is 0 Å². The average Bonchev–Trinajstić information content (AvgIpc) is 3.28. The first-order valence-corrected chi connectivity index (χ1v) is 10.5. The van der Waals surface area contributed by atoms with Crippen LogP contribution < -0.4 is 31.4 Å². The molecule has 3 N–H and O–H groups in total. The zero-order valence-electron chi connectivity index (χ0n) is 18.1. The summed E-state index contributed by atoms with van der Waals surface area (Å²) < 4.78 is 11.9. The van der Waals surface area contributed by atoms with E-state index in [1.807, 2.05) is 37.3 Å². The van der Waals surface area contributed by atoms with Crippen molar-refractivity contribution in [3.63, 3.8) is 0 Å². The molecule has 2 aromatic carbocycles. The summed E-state index contributed by atoms with van der Waals surface area (Å²) in [5.74, 6) is 0.747. The van der Waals surface area contributed by atoms with E-state index in [2.05, 4.69) is 4.98 Å². The van der Waals surface area contributed by atoms with Gasteiger partial charge in [-0.15, -0.1) is 0 Å². The number of hydrogen-bond donors (Lipinski definition) is 2. The molecule has 9 heteroatoms. The van der Waals surface area contributed by atoms with Crippen LogP contribution in [0.1, 0.15) is 24.5 Å². The smallest absolute Gasteiger partial charge is 0.330 e. The van der Waals surface area contributed by atoms with E-state index in [1.165, 1.54) is 15.5 Å². The Morgan fingerprint density at radius 2 is 1.91 bits per heavy atom. The molecule has 1 aromatic heterocycles. The number of amides is 1. The van der Waals surface area contributed by atoms with Crippen molar-refractivity contribution in [1.82, 2.24) is 9.55 Å². The lowest BCUT2D eigenvalue weighted by molar-refractivity contribution is -0.114. The molecule has 9 nitrogen and oxygen atoms in total. The standard InChI is InChI=1S/C24H24N4O5/c1-2-12-27(20(29)11-9-16-8-10-18-19(13-16)33-15-32-18)21-22(25)28(24(31)26-23(21)30)14-17-6-4-3-5-7-17/h3-11,13H,2,12,14-15,25H2,1H3,(H,26,30,31). The highest BCUT2D eigenvalue weighted by Crippen LogP contribution is 2.32. The van der Waals surface area contributed by atoms with E-state index < -0.39 is 17.2 Å². The molecule has 1 aliphatic heterocycles. The Morgan fingerprint density at radius 3 is 2.67 bits per heavy atom. The Balaban J connectivity index is 1.66. The predicted octanol–water partition coefficient (Wildman–Crippen LogP) is 2.35. The third kappa shape index (κ3) is 4.67. The number of anilines is 2. The van der Waals surface area contributed by atoms with Gasteiger partial charge >= 0.3 is 5.69 Å². The van der Waals surface area contributed by atoms with Crippen LogP contribution in [0.3, 0.4) is 0 Å². The van der Waals surface area contributed by atoms with E-state index >= 15 is 0 Å². The lowest BCUT2D eigenvalue weighted by Gasteiger charge is -2.23. The maximum absolute atomic E-state index is 13.1. The molecular formula is C24H24N4O5.